The van der Waals surface area contributed by atoms with E-state index < -0.39 is 5.97 Å². The number of benzene rings is 2. The fraction of sp³-hybridized carbons (Fsp3) is 0.111. The Bertz CT molecular complexity index is 941. The average Bonchev–Trinajstić information content (AvgIpc) is 3.06. The van der Waals surface area contributed by atoms with Crippen LogP contribution in [0.4, 0.5) is 0 Å². The van der Waals surface area contributed by atoms with Crippen LogP contribution in [0.15, 0.2) is 53.0 Å². The minimum Gasteiger partial charge on any atom is -0.456 e. The van der Waals surface area contributed by atoms with E-state index >= 15 is 0 Å². The predicted octanol–water partition coefficient (Wildman–Crippen LogP) is 4.08. The molecule has 1 aliphatic rings. The van der Waals surface area contributed by atoms with Crippen molar-refractivity contribution in [3.05, 3.63) is 64.3 Å². The lowest BCUT2D eigenvalue weighted by atomic mass is 10.2. The Balaban J connectivity index is 1.52. The van der Waals surface area contributed by atoms with Gasteiger partial charge in [0.1, 0.15) is 12.3 Å². The normalized spacial score (nSPS) is 12.4. The van der Waals surface area contributed by atoms with E-state index in [0.717, 1.165) is 20.9 Å². The van der Waals surface area contributed by atoms with Crippen LogP contribution in [0.5, 0.6) is 11.5 Å². The van der Waals surface area contributed by atoms with Gasteiger partial charge >= 0.3 is 5.97 Å². The zero-order chi connectivity index (χ0) is 16.5. The van der Waals surface area contributed by atoms with Crippen molar-refractivity contribution >= 4 is 32.8 Å². The van der Waals surface area contributed by atoms with E-state index in [9.17, 15) is 4.79 Å². The molecule has 0 spiro atoms. The molecule has 2 heterocycles. The number of hydrogen-bond donors (Lipinski definition) is 0. The van der Waals surface area contributed by atoms with E-state index in [2.05, 4.69) is 20.9 Å². The molecule has 5 nitrogen and oxygen atoms in total. The van der Waals surface area contributed by atoms with Crippen LogP contribution < -0.4 is 9.47 Å². The van der Waals surface area contributed by atoms with Gasteiger partial charge in [-0.05, 0) is 24.3 Å². The number of carbonyl (C=O) groups excluding carboxylic acids is 1. The summed E-state index contributed by atoms with van der Waals surface area (Å²) in [5.41, 5.74) is 1.84. The topological polar surface area (TPSA) is 57.7 Å². The van der Waals surface area contributed by atoms with E-state index in [0.29, 0.717) is 11.5 Å². The number of nitrogens with zero attached hydrogens (tertiary/aromatic N) is 1. The third kappa shape index (κ3) is 2.80. The van der Waals surface area contributed by atoms with Gasteiger partial charge in [-0.15, -0.1) is 0 Å². The standard InChI is InChI=1S/C18H12BrNO4/c19-13-8-17-16(23-10-24-17)7-12(13)9-22-18(21)15-6-5-11-3-1-2-4-14(11)20-15/h1-8H,9-10H2. The van der Waals surface area contributed by atoms with Gasteiger partial charge in [-0.2, -0.15) is 0 Å². The van der Waals surface area contributed by atoms with Crippen LogP contribution in [0, 0.1) is 0 Å². The molecule has 0 radical (unpaired) electrons. The van der Waals surface area contributed by atoms with Crippen molar-refractivity contribution < 1.29 is 19.0 Å². The molecule has 2 aromatic carbocycles. The number of ether oxygens (including phenoxy) is 3. The smallest absolute Gasteiger partial charge is 0.357 e. The number of hydrogen-bond acceptors (Lipinski definition) is 5. The van der Waals surface area contributed by atoms with E-state index in [-0.39, 0.29) is 19.1 Å². The number of pyridine rings is 1. The molecule has 0 saturated heterocycles. The molecule has 0 N–H and O–H groups in total. The molecule has 1 aliphatic heterocycles. The summed E-state index contributed by atoms with van der Waals surface area (Å²) < 4.78 is 16.8. The minimum atomic E-state index is -0.467. The fourth-order valence-electron chi connectivity index (χ4n) is 2.47. The monoisotopic (exact) mass is 385 g/mol. The zero-order valence-corrected chi connectivity index (χ0v) is 14.1. The molecule has 120 valence electrons. The second-order valence-electron chi connectivity index (χ2n) is 5.26. The Morgan fingerprint density at radius 2 is 1.92 bits per heavy atom. The number of esters is 1. The maximum Gasteiger partial charge on any atom is 0.357 e. The van der Waals surface area contributed by atoms with Crippen LogP contribution >= 0.6 is 15.9 Å². The Labute approximate surface area is 146 Å². The van der Waals surface area contributed by atoms with E-state index in [1.807, 2.05) is 30.3 Å². The molecule has 0 aliphatic carbocycles. The molecule has 0 amide bonds. The summed E-state index contributed by atoms with van der Waals surface area (Å²) in [6.07, 6.45) is 0. The summed E-state index contributed by atoms with van der Waals surface area (Å²) in [7, 11) is 0. The van der Waals surface area contributed by atoms with Crippen molar-refractivity contribution in [3.63, 3.8) is 0 Å². The first-order valence-electron chi connectivity index (χ1n) is 7.32. The van der Waals surface area contributed by atoms with Gasteiger partial charge in [-0.25, -0.2) is 9.78 Å². The van der Waals surface area contributed by atoms with Gasteiger partial charge in [0.2, 0.25) is 6.79 Å². The van der Waals surface area contributed by atoms with Crippen LogP contribution in [0.2, 0.25) is 0 Å². The molecule has 3 aromatic rings. The lowest BCUT2D eigenvalue weighted by Crippen LogP contribution is -2.07. The second-order valence-corrected chi connectivity index (χ2v) is 6.12. The summed E-state index contributed by atoms with van der Waals surface area (Å²) in [6.45, 7) is 0.316. The Hall–Kier alpha value is -2.60. The molecule has 4 rings (SSSR count). The maximum absolute atomic E-state index is 12.3. The number of rotatable bonds is 3. The predicted molar refractivity (Wildman–Crippen MR) is 91.1 cm³/mol. The van der Waals surface area contributed by atoms with Crippen molar-refractivity contribution in [2.45, 2.75) is 6.61 Å². The van der Waals surface area contributed by atoms with Crippen LogP contribution in [0.3, 0.4) is 0 Å². The summed E-state index contributed by atoms with van der Waals surface area (Å²) in [5, 5.41) is 0.979. The Kier molecular flexibility index (Phi) is 3.82. The number of halogens is 1. The highest BCUT2D eigenvalue weighted by atomic mass is 79.9. The molecule has 0 atom stereocenters. The SMILES string of the molecule is O=C(OCc1cc2c(cc1Br)OCO2)c1ccc2ccccc2n1. The van der Waals surface area contributed by atoms with E-state index in [4.69, 9.17) is 14.2 Å². The van der Waals surface area contributed by atoms with E-state index in [1.54, 1.807) is 18.2 Å². The van der Waals surface area contributed by atoms with Crippen LogP contribution in [0.1, 0.15) is 16.1 Å². The molecule has 0 fully saturated rings. The van der Waals surface area contributed by atoms with Crippen molar-refractivity contribution in [2.24, 2.45) is 0 Å². The number of fused-ring (bicyclic) bond motifs is 2. The highest BCUT2D eigenvalue weighted by Gasteiger charge is 2.17. The van der Waals surface area contributed by atoms with Crippen molar-refractivity contribution in [2.75, 3.05) is 6.79 Å². The summed E-state index contributed by atoms with van der Waals surface area (Å²) in [4.78, 5) is 16.6. The molecule has 1 aromatic heterocycles. The van der Waals surface area contributed by atoms with Crippen LogP contribution in [-0.4, -0.2) is 17.7 Å². The maximum atomic E-state index is 12.3. The van der Waals surface area contributed by atoms with Gasteiger partial charge in [0.15, 0.2) is 11.5 Å². The molecular formula is C18H12BrNO4. The first kappa shape index (κ1) is 15.0. The molecule has 0 saturated carbocycles. The first-order valence-corrected chi connectivity index (χ1v) is 8.11. The average molecular weight is 386 g/mol. The molecule has 6 heteroatoms. The number of carbonyl (C=O) groups is 1. The third-order valence-corrected chi connectivity index (χ3v) is 4.45. The van der Waals surface area contributed by atoms with Gasteiger partial charge in [0.25, 0.3) is 0 Å². The van der Waals surface area contributed by atoms with E-state index in [1.165, 1.54) is 0 Å². The van der Waals surface area contributed by atoms with Crippen LogP contribution in [0.25, 0.3) is 10.9 Å². The lowest BCUT2D eigenvalue weighted by Gasteiger charge is -2.08. The van der Waals surface area contributed by atoms with Crippen molar-refractivity contribution in [1.82, 2.24) is 4.98 Å². The zero-order valence-electron chi connectivity index (χ0n) is 12.5. The highest BCUT2D eigenvalue weighted by molar-refractivity contribution is 9.10. The quantitative estimate of drug-likeness (QED) is 0.635. The Morgan fingerprint density at radius 1 is 1.12 bits per heavy atom. The first-order chi connectivity index (χ1) is 11.7. The van der Waals surface area contributed by atoms with Gasteiger partial charge < -0.3 is 14.2 Å². The highest BCUT2D eigenvalue weighted by Crippen LogP contribution is 2.37. The summed E-state index contributed by atoms with van der Waals surface area (Å²) in [5.74, 6) is 0.853. The van der Waals surface area contributed by atoms with Crippen molar-refractivity contribution in [1.29, 1.82) is 0 Å². The van der Waals surface area contributed by atoms with Gasteiger partial charge in [0, 0.05) is 15.4 Å². The van der Waals surface area contributed by atoms with Gasteiger partial charge in [0.05, 0.1) is 5.52 Å². The molecule has 0 unspecified atom stereocenters. The van der Waals surface area contributed by atoms with Gasteiger partial charge in [-0.3, -0.25) is 0 Å². The minimum absolute atomic E-state index is 0.116. The third-order valence-electron chi connectivity index (χ3n) is 3.71. The second kappa shape index (κ2) is 6.13. The fourth-order valence-corrected chi connectivity index (χ4v) is 2.90. The summed E-state index contributed by atoms with van der Waals surface area (Å²) in [6, 6.07) is 14.7. The lowest BCUT2D eigenvalue weighted by molar-refractivity contribution is 0.0465. The Morgan fingerprint density at radius 3 is 2.79 bits per heavy atom. The van der Waals surface area contributed by atoms with Gasteiger partial charge in [-0.1, -0.05) is 40.2 Å². The molecule has 0 bridgehead atoms. The molecule has 24 heavy (non-hydrogen) atoms. The summed E-state index contributed by atoms with van der Waals surface area (Å²) >= 11 is 3.45. The number of para-hydroxylation sites is 1. The number of aromatic nitrogens is 1. The van der Waals surface area contributed by atoms with Crippen molar-refractivity contribution in [3.8, 4) is 11.5 Å². The largest absolute Gasteiger partial charge is 0.456 e. The van der Waals surface area contributed by atoms with Crippen LogP contribution in [-0.2, 0) is 11.3 Å². The molecular weight excluding hydrogens is 374 g/mol.